The van der Waals surface area contributed by atoms with Crippen LogP contribution in [0.25, 0.3) is 10.1 Å². The molecule has 0 fully saturated rings. The molecule has 25 heavy (non-hydrogen) atoms. The summed E-state index contributed by atoms with van der Waals surface area (Å²) in [4.78, 5) is 24.4. The summed E-state index contributed by atoms with van der Waals surface area (Å²) in [5, 5.41) is 4.57. The zero-order valence-electron chi connectivity index (χ0n) is 13.3. The first-order chi connectivity index (χ1) is 11.9. The summed E-state index contributed by atoms with van der Waals surface area (Å²) in [5.74, 6) is -0.858. The number of amides is 2. The van der Waals surface area contributed by atoms with Gasteiger partial charge in [0, 0.05) is 15.6 Å². The van der Waals surface area contributed by atoms with Crippen molar-refractivity contribution in [3.63, 3.8) is 0 Å². The van der Waals surface area contributed by atoms with Crippen molar-refractivity contribution >= 4 is 44.8 Å². The van der Waals surface area contributed by atoms with Crippen molar-refractivity contribution in [3.8, 4) is 0 Å². The van der Waals surface area contributed by atoms with E-state index in [1.807, 2.05) is 0 Å². The highest BCUT2D eigenvalue weighted by Gasteiger charge is 2.19. The average Bonchev–Trinajstić information content (AvgIpc) is 3.06. The van der Waals surface area contributed by atoms with Crippen LogP contribution >= 0.6 is 22.9 Å². The molecule has 0 spiro atoms. The second-order valence-electron chi connectivity index (χ2n) is 5.37. The Hall–Kier alpha value is -2.45. The van der Waals surface area contributed by atoms with E-state index < -0.39 is 17.6 Å². The predicted molar refractivity (Wildman–Crippen MR) is 92.1 cm³/mol. The Morgan fingerprint density at radius 3 is 2.76 bits per heavy atom. The minimum Gasteiger partial charge on any atom is -0.361 e. The number of hydrazine groups is 1. The van der Waals surface area contributed by atoms with E-state index >= 15 is 0 Å². The summed E-state index contributed by atoms with van der Waals surface area (Å²) in [6, 6.07) is 4.09. The maximum atomic E-state index is 13.3. The number of aromatic nitrogens is 1. The van der Waals surface area contributed by atoms with Gasteiger partial charge >= 0.3 is 0 Å². The molecule has 9 heteroatoms. The summed E-state index contributed by atoms with van der Waals surface area (Å²) < 4.78 is 18.8. The van der Waals surface area contributed by atoms with Gasteiger partial charge in [-0.3, -0.25) is 20.4 Å². The Morgan fingerprint density at radius 1 is 1.32 bits per heavy atom. The number of aryl methyl sites for hydroxylation is 2. The first kappa shape index (κ1) is 17.4. The van der Waals surface area contributed by atoms with Crippen LogP contribution < -0.4 is 10.9 Å². The number of carbonyl (C=O) groups excluding carboxylic acids is 2. The summed E-state index contributed by atoms with van der Waals surface area (Å²) in [6.07, 6.45) is 0.0206. The van der Waals surface area contributed by atoms with E-state index in [4.69, 9.17) is 16.1 Å². The molecular weight excluding hydrogens is 369 g/mol. The van der Waals surface area contributed by atoms with Gasteiger partial charge in [0.1, 0.15) is 16.5 Å². The van der Waals surface area contributed by atoms with Gasteiger partial charge in [-0.15, -0.1) is 11.3 Å². The topological polar surface area (TPSA) is 84.2 Å². The smallest absolute Gasteiger partial charge is 0.281 e. The fraction of sp³-hybridized carbons (Fsp3) is 0.188. The van der Waals surface area contributed by atoms with Gasteiger partial charge in [0.25, 0.3) is 5.91 Å². The fourth-order valence-corrected chi connectivity index (χ4v) is 3.76. The second-order valence-corrected chi connectivity index (χ2v) is 6.80. The molecule has 6 nitrogen and oxygen atoms in total. The molecule has 1 aromatic carbocycles. The van der Waals surface area contributed by atoms with E-state index in [0.717, 1.165) is 11.3 Å². The monoisotopic (exact) mass is 381 g/mol. The number of carbonyl (C=O) groups is 2. The van der Waals surface area contributed by atoms with Crippen LogP contribution in [0.4, 0.5) is 4.39 Å². The van der Waals surface area contributed by atoms with Gasteiger partial charge < -0.3 is 4.52 Å². The SMILES string of the molecule is Cc1noc(C)c1CC(=O)NNC(=O)c1sc2cc(F)ccc2c1Cl. The zero-order valence-corrected chi connectivity index (χ0v) is 14.8. The van der Waals surface area contributed by atoms with E-state index in [0.29, 0.717) is 27.1 Å². The van der Waals surface area contributed by atoms with Gasteiger partial charge in [-0.1, -0.05) is 16.8 Å². The molecule has 2 amide bonds. The van der Waals surface area contributed by atoms with Crippen LogP contribution in [0.1, 0.15) is 26.7 Å². The Kier molecular flexibility index (Phi) is 4.73. The molecule has 3 rings (SSSR count). The van der Waals surface area contributed by atoms with Crippen LogP contribution in [0.15, 0.2) is 22.7 Å². The molecular formula is C16H13ClFN3O3S. The molecule has 0 aliphatic heterocycles. The van der Waals surface area contributed by atoms with Crippen LogP contribution in [-0.2, 0) is 11.2 Å². The highest BCUT2D eigenvalue weighted by atomic mass is 35.5. The van der Waals surface area contributed by atoms with E-state index in [1.165, 1.54) is 18.2 Å². The average molecular weight is 382 g/mol. The molecule has 2 N–H and O–H groups in total. The van der Waals surface area contributed by atoms with Crippen molar-refractivity contribution in [1.29, 1.82) is 0 Å². The maximum Gasteiger partial charge on any atom is 0.281 e. The lowest BCUT2D eigenvalue weighted by Gasteiger charge is -2.06. The Labute approximate surface area is 150 Å². The van der Waals surface area contributed by atoms with Gasteiger partial charge in [-0.25, -0.2) is 4.39 Å². The van der Waals surface area contributed by atoms with Crippen molar-refractivity contribution in [2.45, 2.75) is 20.3 Å². The number of hydrogen-bond acceptors (Lipinski definition) is 5. The van der Waals surface area contributed by atoms with Gasteiger partial charge in [-0.2, -0.15) is 0 Å². The zero-order chi connectivity index (χ0) is 18.1. The summed E-state index contributed by atoms with van der Waals surface area (Å²) in [7, 11) is 0. The minimum atomic E-state index is -0.571. The number of nitrogens with zero attached hydrogens (tertiary/aromatic N) is 1. The molecule has 0 radical (unpaired) electrons. The van der Waals surface area contributed by atoms with Crippen LogP contribution in [0.3, 0.4) is 0 Å². The van der Waals surface area contributed by atoms with E-state index in [-0.39, 0.29) is 16.3 Å². The molecule has 0 saturated carbocycles. The van der Waals surface area contributed by atoms with Crippen molar-refractivity contribution < 1.29 is 18.5 Å². The Balaban J connectivity index is 1.68. The first-order valence-corrected chi connectivity index (χ1v) is 8.44. The lowest BCUT2D eigenvalue weighted by atomic mass is 10.1. The summed E-state index contributed by atoms with van der Waals surface area (Å²) in [6.45, 7) is 3.44. The van der Waals surface area contributed by atoms with Gasteiger partial charge in [0.2, 0.25) is 5.91 Å². The third kappa shape index (κ3) is 3.49. The number of fused-ring (bicyclic) bond motifs is 1. The third-order valence-electron chi connectivity index (χ3n) is 3.63. The second kappa shape index (κ2) is 6.81. The molecule has 0 atom stereocenters. The standard InChI is InChI=1S/C16H13ClFN3O3S/c1-7-11(8(2)24-21-7)6-13(22)19-20-16(23)15-14(17)10-4-3-9(18)5-12(10)25-15/h3-5H,6H2,1-2H3,(H,19,22)(H,20,23). The number of hydrogen-bond donors (Lipinski definition) is 2. The molecule has 0 unspecified atom stereocenters. The molecule has 3 aromatic rings. The number of benzene rings is 1. The number of rotatable bonds is 3. The lowest BCUT2D eigenvalue weighted by molar-refractivity contribution is -0.121. The highest BCUT2D eigenvalue weighted by molar-refractivity contribution is 7.21. The van der Waals surface area contributed by atoms with Crippen molar-refractivity contribution in [2.24, 2.45) is 0 Å². The molecule has 0 aliphatic rings. The van der Waals surface area contributed by atoms with E-state index in [2.05, 4.69) is 16.0 Å². The minimum absolute atomic E-state index is 0.0206. The van der Waals surface area contributed by atoms with Gasteiger partial charge in [-0.05, 0) is 32.0 Å². The van der Waals surface area contributed by atoms with Crippen LogP contribution in [0.5, 0.6) is 0 Å². The maximum absolute atomic E-state index is 13.3. The molecule has 2 aromatic heterocycles. The third-order valence-corrected chi connectivity index (χ3v) is 5.29. The van der Waals surface area contributed by atoms with Crippen molar-refractivity contribution in [3.05, 3.63) is 50.9 Å². The molecule has 0 saturated heterocycles. The number of thiophene rings is 1. The van der Waals surface area contributed by atoms with Crippen LogP contribution in [0, 0.1) is 19.7 Å². The quantitative estimate of drug-likeness (QED) is 0.682. The summed E-state index contributed by atoms with van der Waals surface area (Å²) >= 11 is 7.22. The molecule has 2 heterocycles. The number of halogens is 2. The normalized spacial score (nSPS) is 10.9. The van der Waals surface area contributed by atoms with E-state index in [9.17, 15) is 14.0 Å². The van der Waals surface area contributed by atoms with Crippen LogP contribution in [-0.4, -0.2) is 17.0 Å². The molecule has 0 bridgehead atoms. The largest absolute Gasteiger partial charge is 0.361 e. The lowest BCUT2D eigenvalue weighted by Crippen LogP contribution is -2.42. The summed E-state index contributed by atoms with van der Waals surface area (Å²) in [5.41, 5.74) is 5.92. The van der Waals surface area contributed by atoms with Crippen molar-refractivity contribution in [1.82, 2.24) is 16.0 Å². The molecule has 0 aliphatic carbocycles. The number of nitrogens with one attached hydrogen (secondary N) is 2. The fourth-order valence-electron chi connectivity index (χ4n) is 2.33. The highest BCUT2D eigenvalue weighted by Crippen LogP contribution is 2.35. The van der Waals surface area contributed by atoms with Crippen molar-refractivity contribution in [2.75, 3.05) is 0 Å². The molecule has 130 valence electrons. The Morgan fingerprint density at radius 2 is 2.08 bits per heavy atom. The van der Waals surface area contributed by atoms with Gasteiger partial charge in [0.15, 0.2) is 0 Å². The van der Waals surface area contributed by atoms with E-state index in [1.54, 1.807) is 13.8 Å². The van der Waals surface area contributed by atoms with Crippen LogP contribution in [0.2, 0.25) is 5.02 Å². The van der Waals surface area contributed by atoms with Gasteiger partial charge in [0.05, 0.1) is 17.1 Å². The first-order valence-electron chi connectivity index (χ1n) is 7.25. The predicted octanol–water partition coefficient (Wildman–Crippen LogP) is 3.30. The Bertz CT molecular complexity index is 963.